The number of nitrogens with two attached hydrogens (primary N) is 1. The maximum Gasteiger partial charge on any atom is 0.356 e. The summed E-state index contributed by atoms with van der Waals surface area (Å²) in [4.78, 5) is 10.7. The van der Waals surface area contributed by atoms with Crippen molar-refractivity contribution in [3.63, 3.8) is 0 Å². The van der Waals surface area contributed by atoms with Crippen molar-refractivity contribution < 1.29 is 9.39 Å². The number of hydrogen-bond donors (Lipinski definition) is 2. The molecule has 0 aromatic heterocycles. The van der Waals surface area contributed by atoms with Crippen molar-refractivity contribution in [2.45, 2.75) is 26.2 Å². The molecule has 1 saturated heterocycles. The first kappa shape index (κ1) is 9.32. The lowest BCUT2D eigenvalue weighted by atomic mass is 10.1. The fraction of sp³-hybridized carbons (Fsp3) is 0.875. The number of carbonyl (C=O) groups is 1. The first-order valence-corrected chi connectivity index (χ1v) is 4.62. The van der Waals surface area contributed by atoms with Gasteiger partial charge in [0.15, 0.2) is 0 Å². The summed E-state index contributed by atoms with van der Waals surface area (Å²) in [5.41, 5.74) is 7.94. The molecule has 0 bridgehead atoms. The Morgan fingerprint density at radius 1 is 1.42 bits per heavy atom. The van der Waals surface area contributed by atoms with Crippen molar-refractivity contribution in [1.29, 1.82) is 0 Å². The van der Waals surface area contributed by atoms with Gasteiger partial charge in [0.25, 0.3) is 0 Å². The van der Waals surface area contributed by atoms with E-state index in [1.54, 1.807) is 0 Å². The van der Waals surface area contributed by atoms with E-state index in [-0.39, 0.29) is 0 Å². The van der Waals surface area contributed by atoms with E-state index in [0.717, 1.165) is 19.6 Å². The number of amides is 2. The van der Waals surface area contributed by atoms with Crippen molar-refractivity contribution in [1.82, 2.24) is 5.43 Å². The molecule has 0 aromatic rings. The lowest BCUT2D eigenvalue weighted by Gasteiger charge is -2.38. The molecule has 1 rings (SSSR count). The minimum atomic E-state index is -0.404. The molecule has 12 heavy (non-hydrogen) atoms. The van der Waals surface area contributed by atoms with Crippen LogP contribution < -0.4 is 11.2 Å². The maximum atomic E-state index is 10.7. The molecule has 1 fully saturated rings. The summed E-state index contributed by atoms with van der Waals surface area (Å²) < 4.78 is 0.676. The lowest BCUT2D eigenvalue weighted by Crippen LogP contribution is -2.63. The van der Waals surface area contributed by atoms with Crippen LogP contribution in [0.3, 0.4) is 0 Å². The third-order valence-electron chi connectivity index (χ3n) is 2.62. The Morgan fingerprint density at radius 3 is 2.42 bits per heavy atom. The number of carbonyl (C=O) groups excluding carboxylic acids is 1. The van der Waals surface area contributed by atoms with E-state index in [9.17, 15) is 4.79 Å². The second-order valence-electron chi connectivity index (χ2n) is 3.45. The summed E-state index contributed by atoms with van der Waals surface area (Å²) in [5, 5.41) is 0. The van der Waals surface area contributed by atoms with Gasteiger partial charge in [-0.05, 0) is 26.2 Å². The number of likely N-dealkylation sites (tertiary alicyclic amines) is 1. The van der Waals surface area contributed by atoms with Gasteiger partial charge < -0.3 is 5.73 Å². The van der Waals surface area contributed by atoms with Crippen LogP contribution in [-0.4, -0.2) is 30.3 Å². The summed E-state index contributed by atoms with van der Waals surface area (Å²) in [5.74, 6) is 0. The van der Waals surface area contributed by atoms with Gasteiger partial charge in [0, 0.05) is 0 Å². The molecule has 1 aliphatic heterocycles. The number of quaternary nitrogens is 1. The fourth-order valence-corrected chi connectivity index (χ4v) is 1.86. The SMILES string of the molecule is CC[N+]1(NC(N)=O)CCCCC1. The quantitative estimate of drug-likeness (QED) is 0.588. The van der Waals surface area contributed by atoms with Crippen LogP contribution in [0.25, 0.3) is 0 Å². The first-order chi connectivity index (χ1) is 5.68. The molecule has 2 amide bonds. The number of primary amides is 1. The van der Waals surface area contributed by atoms with Crippen molar-refractivity contribution in [3.05, 3.63) is 0 Å². The topological polar surface area (TPSA) is 55.1 Å². The predicted octanol–water partition coefficient (Wildman–Crippen LogP) is 0.590. The van der Waals surface area contributed by atoms with Crippen molar-refractivity contribution in [2.75, 3.05) is 19.6 Å². The fourth-order valence-electron chi connectivity index (χ4n) is 1.86. The number of urea groups is 1. The summed E-state index contributed by atoms with van der Waals surface area (Å²) in [7, 11) is 0. The molecule has 3 N–H and O–H groups in total. The van der Waals surface area contributed by atoms with Crippen LogP contribution in [0.2, 0.25) is 0 Å². The van der Waals surface area contributed by atoms with Gasteiger partial charge in [-0.25, -0.2) is 9.39 Å². The number of nitrogens with one attached hydrogen (secondary N) is 1. The van der Waals surface area contributed by atoms with E-state index in [2.05, 4.69) is 12.3 Å². The standard InChI is InChI=1S/C8H17N3O/c1-2-11(10-8(9)12)6-4-3-5-7-11/h2-7H2,1H3,(H2-,9,10,12)/p+1. The van der Waals surface area contributed by atoms with E-state index < -0.39 is 6.03 Å². The highest BCUT2D eigenvalue weighted by molar-refractivity contribution is 5.70. The molecular formula is C8H18N3O+. The molecule has 0 atom stereocenters. The second kappa shape index (κ2) is 3.76. The highest BCUT2D eigenvalue weighted by Gasteiger charge is 2.29. The van der Waals surface area contributed by atoms with Crippen molar-refractivity contribution in [2.24, 2.45) is 5.73 Å². The third kappa shape index (κ3) is 2.11. The molecule has 0 spiro atoms. The molecule has 70 valence electrons. The largest absolute Gasteiger partial charge is 0.356 e. The van der Waals surface area contributed by atoms with Crippen LogP contribution in [0.4, 0.5) is 4.79 Å². The highest BCUT2D eigenvalue weighted by Crippen LogP contribution is 2.14. The van der Waals surface area contributed by atoms with Gasteiger partial charge in [0.2, 0.25) is 0 Å². The minimum absolute atomic E-state index is 0.404. The molecule has 0 radical (unpaired) electrons. The predicted molar refractivity (Wildman–Crippen MR) is 47.1 cm³/mol. The van der Waals surface area contributed by atoms with E-state index in [4.69, 9.17) is 5.73 Å². The minimum Gasteiger partial charge on any atom is -0.348 e. The molecule has 0 aromatic carbocycles. The maximum absolute atomic E-state index is 10.7. The number of hydrogen-bond acceptors (Lipinski definition) is 1. The molecule has 4 heteroatoms. The van der Waals surface area contributed by atoms with E-state index in [1.165, 1.54) is 19.3 Å². The summed E-state index contributed by atoms with van der Waals surface area (Å²) >= 11 is 0. The van der Waals surface area contributed by atoms with Crippen LogP contribution >= 0.6 is 0 Å². The third-order valence-corrected chi connectivity index (χ3v) is 2.62. The van der Waals surface area contributed by atoms with Gasteiger partial charge in [0.1, 0.15) is 13.1 Å². The Labute approximate surface area is 73.3 Å². The van der Waals surface area contributed by atoms with Gasteiger partial charge in [-0.3, -0.25) is 0 Å². The summed E-state index contributed by atoms with van der Waals surface area (Å²) in [6, 6.07) is -0.404. The summed E-state index contributed by atoms with van der Waals surface area (Å²) in [6.07, 6.45) is 3.66. The molecule has 0 unspecified atom stereocenters. The zero-order valence-corrected chi connectivity index (χ0v) is 7.68. The second-order valence-corrected chi connectivity index (χ2v) is 3.45. The van der Waals surface area contributed by atoms with Crippen LogP contribution in [-0.2, 0) is 0 Å². The van der Waals surface area contributed by atoms with E-state index >= 15 is 0 Å². The number of rotatable bonds is 2. The smallest absolute Gasteiger partial charge is 0.348 e. The first-order valence-electron chi connectivity index (χ1n) is 4.62. The molecular weight excluding hydrogens is 154 g/mol. The van der Waals surface area contributed by atoms with Gasteiger partial charge >= 0.3 is 6.03 Å². The van der Waals surface area contributed by atoms with Crippen LogP contribution in [0.5, 0.6) is 0 Å². The Hall–Kier alpha value is -0.770. The average Bonchev–Trinajstić information content (AvgIpc) is 2.05. The van der Waals surface area contributed by atoms with Crippen molar-refractivity contribution in [3.8, 4) is 0 Å². The molecule has 4 nitrogen and oxygen atoms in total. The molecule has 1 heterocycles. The molecule has 0 aliphatic carbocycles. The van der Waals surface area contributed by atoms with E-state index in [0.29, 0.717) is 4.59 Å². The Bertz CT molecular complexity index is 164. The monoisotopic (exact) mass is 172 g/mol. The summed E-state index contributed by atoms with van der Waals surface area (Å²) in [6.45, 7) is 5.07. The number of nitrogens with zero attached hydrogens (tertiary/aromatic N) is 1. The van der Waals surface area contributed by atoms with Crippen LogP contribution in [0.15, 0.2) is 0 Å². The Kier molecular flexibility index (Phi) is 2.92. The Morgan fingerprint density at radius 2 is 2.00 bits per heavy atom. The zero-order valence-electron chi connectivity index (χ0n) is 7.68. The van der Waals surface area contributed by atoms with Gasteiger partial charge in [-0.15, -0.1) is 0 Å². The lowest BCUT2D eigenvalue weighted by molar-refractivity contribution is -0.963. The normalized spacial score (nSPS) is 21.8. The molecule has 1 aliphatic rings. The van der Waals surface area contributed by atoms with Crippen LogP contribution in [0.1, 0.15) is 26.2 Å². The zero-order chi connectivity index (χ0) is 9.03. The highest BCUT2D eigenvalue weighted by atomic mass is 16.2. The van der Waals surface area contributed by atoms with Crippen molar-refractivity contribution >= 4 is 6.03 Å². The van der Waals surface area contributed by atoms with Gasteiger partial charge in [-0.1, -0.05) is 0 Å². The number of piperidine rings is 1. The van der Waals surface area contributed by atoms with E-state index in [1.807, 2.05) is 0 Å². The Balaban J connectivity index is 2.53. The van der Waals surface area contributed by atoms with Crippen LogP contribution in [0, 0.1) is 0 Å². The van der Waals surface area contributed by atoms with Gasteiger partial charge in [0.05, 0.1) is 6.54 Å². The molecule has 0 saturated carbocycles. The average molecular weight is 172 g/mol. The van der Waals surface area contributed by atoms with Gasteiger partial charge in [-0.2, -0.15) is 5.43 Å².